The summed E-state index contributed by atoms with van der Waals surface area (Å²) in [7, 11) is 3.54. The van der Waals surface area contributed by atoms with E-state index in [0.717, 1.165) is 25.5 Å². The number of aliphatic imine (C=N–C) groups is 1. The Morgan fingerprint density at radius 2 is 1.79 bits per heavy atom. The summed E-state index contributed by atoms with van der Waals surface area (Å²) in [6.45, 7) is 6.80. The Morgan fingerprint density at radius 3 is 2.33 bits per heavy atom. The smallest absolute Gasteiger partial charge is 0.222 e. The van der Waals surface area contributed by atoms with Gasteiger partial charge in [0.05, 0.1) is 0 Å². The maximum Gasteiger partial charge on any atom is 0.222 e. The van der Waals surface area contributed by atoms with E-state index in [0.29, 0.717) is 18.5 Å². The van der Waals surface area contributed by atoms with Gasteiger partial charge in [0.1, 0.15) is 0 Å². The molecule has 0 aliphatic heterocycles. The second-order valence-electron chi connectivity index (χ2n) is 6.75. The van der Waals surface area contributed by atoms with Gasteiger partial charge in [0.15, 0.2) is 5.96 Å². The standard InChI is InChI=1S/C17H34N4O2.HI/c1-14(2)15(22)19-10-11-20-16(18-3)21-13-17(9-12-23-4)7-5-6-8-17;/h14H,5-13H2,1-4H3,(H,19,22)(H2,18,20,21);1H. The van der Waals surface area contributed by atoms with Crippen LogP contribution in [0.5, 0.6) is 0 Å². The largest absolute Gasteiger partial charge is 0.385 e. The maximum absolute atomic E-state index is 11.5. The number of ether oxygens (including phenoxy) is 1. The molecular formula is C17H35IN4O2. The molecule has 6 nitrogen and oxygen atoms in total. The minimum absolute atomic E-state index is 0. The highest BCUT2D eigenvalue weighted by atomic mass is 127. The first kappa shape index (κ1) is 23.4. The molecule has 0 radical (unpaired) electrons. The lowest BCUT2D eigenvalue weighted by molar-refractivity contribution is -0.123. The Labute approximate surface area is 164 Å². The van der Waals surface area contributed by atoms with Crippen LogP contribution in [-0.4, -0.2) is 52.3 Å². The number of hydrogen-bond acceptors (Lipinski definition) is 3. The van der Waals surface area contributed by atoms with E-state index in [1.807, 2.05) is 13.8 Å². The number of halogens is 1. The van der Waals surface area contributed by atoms with Crippen LogP contribution in [0.3, 0.4) is 0 Å². The first-order valence-corrected chi connectivity index (χ1v) is 8.74. The number of nitrogens with one attached hydrogen (secondary N) is 3. The van der Waals surface area contributed by atoms with E-state index in [9.17, 15) is 4.79 Å². The highest BCUT2D eigenvalue weighted by molar-refractivity contribution is 14.0. The number of amides is 1. The molecule has 0 spiro atoms. The Kier molecular flexibility index (Phi) is 12.4. The Hall–Kier alpha value is -0.570. The quantitative estimate of drug-likeness (QED) is 0.216. The van der Waals surface area contributed by atoms with Crippen molar-refractivity contribution in [3.05, 3.63) is 0 Å². The van der Waals surface area contributed by atoms with Crippen molar-refractivity contribution in [2.75, 3.05) is 40.4 Å². The number of guanidine groups is 1. The fourth-order valence-corrected chi connectivity index (χ4v) is 3.02. The number of nitrogens with zero attached hydrogens (tertiary/aromatic N) is 1. The summed E-state index contributed by atoms with van der Waals surface area (Å²) >= 11 is 0. The van der Waals surface area contributed by atoms with Gasteiger partial charge in [0, 0.05) is 46.3 Å². The minimum Gasteiger partial charge on any atom is -0.385 e. The molecule has 0 saturated heterocycles. The third-order valence-corrected chi connectivity index (χ3v) is 4.60. The van der Waals surface area contributed by atoms with Gasteiger partial charge in [-0.05, 0) is 24.7 Å². The molecule has 7 heteroatoms. The molecule has 0 bridgehead atoms. The van der Waals surface area contributed by atoms with Gasteiger partial charge in [0.25, 0.3) is 0 Å². The van der Waals surface area contributed by atoms with Crippen LogP contribution in [0.1, 0.15) is 46.0 Å². The second kappa shape index (κ2) is 12.7. The molecule has 1 aliphatic carbocycles. The molecule has 0 aromatic rings. The summed E-state index contributed by atoms with van der Waals surface area (Å²) < 4.78 is 5.27. The molecule has 1 amide bonds. The van der Waals surface area contributed by atoms with Crippen molar-refractivity contribution in [1.29, 1.82) is 0 Å². The van der Waals surface area contributed by atoms with Crippen molar-refractivity contribution in [1.82, 2.24) is 16.0 Å². The van der Waals surface area contributed by atoms with Gasteiger partial charge in [-0.3, -0.25) is 9.79 Å². The maximum atomic E-state index is 11.5. The average molecular weight is 454 g/mol. The van der Waals surface area contributed by atoms with Gasteiger partial charge in [-0.15, -0.1) is 24.0 Å². The molecule has 1 saturated carbocycles. The first-order chi connectivity index (χ1) is 11.0. The van der Waals surface area contributed by atoms with Crippen LogP contribution < -0.4 is 16.0 Å². The molecule has 3 N–H and O–H groups in total. The van der Waals surface area contributed by atoms with Crippen LogP contribution in [0.2, 0.25) is 0 Å². The van der Waals surface area contributed by atoms with Crippen molar-refractivity contribution in [3.63, 3.8) is 0 Å². The van der Waals surface area contributed by atoms with Gasteiger partial charge < -0.3 is 20.7 Å². The number of methoxy groups -OCH3 is 1. The van der Waals surface area contributed by atoms with Gasteiger partial charge in [-0.25, -0.2) is 0 Å². The van der Waals surface area contributed by atoms with Crippen molar-refractivity contribution in [3.8, 4) is 0 Å². The molecular weight excluding hydrogens is 419 g/mol. The predicted molar refractivity (Wildman–Crippen MR) is 110 cm³/mol. The second-order valence-corrected chi connectivity index (χ2v) is 6.75. The van der Waals surface area contributed by atoms with Gasteiger partial charge in [0.2, 0.25) is 5.91 Å². The zero-order valence-corrected chi connectivity index (χ0v) is 17.9. The lowest BCUT2D eigenvalue weighted by Crippen LogP contribution is -2.45. The summed E-state index contributed by atoms with van der Waals surface area (Å²) in [5.74, 6) is 0.905. The summed E-state index contributed by atoms with van der Waals surface area (Å²) in [6.07, 6.45) is 6.21. The van der Waals surface area contributed by atoms with Crippen LogP contribution in [0.4, 0.5) is 0 Å². The van der Waals surface area contributed by atoms with Crippen LogP contribution in [0, 0.1) is 11.3 Å². The minimum atomic E-state index is 0. The van der Waals surface area contributed by atoms with E-state index >= 15 is 0 Å². The van der Waals surface area contributed by atoms with Crippen molar-refractivity contribution < 1.29 is 9.53 Å². The molecule has 0 heterocycles. The zero-order chi connectivity index (χ0) is 17.1. The molecule has 0 unspecified atom stereocenters. The Morgan fingerprint density at radius 1 is 1.17 bits per heavy atom. The average Bonchev–Trinajstić information content (AvgIpc) is 3.01. The molecule has 1 aliphatic rings. The molecule has 0 aromatic carbocycles. The number of carbonyl (C=O) groups is 1. The van der Waals surface area contributed by atoms with E-state index in [1.165, 1.54) is 25.7 Å². The van der Waals surface area contributed by atoms with E-state index in [2.05, 4.69) is 20.9 Å². The summed E-state index contributed by atoms with van der Waals surface area (Å²) in [4.78, 5) is 15.8. The van der Waals surface area contributed by atoms with Gasteiger partial charge in [-0.1, -0.05) is 26.7 Å². The van der Waals surface area contributed by atoms with Crippen molar-refractivity contribution in [2.24, 2.45) is 16.3 Å². The molecule has 142 valence electrons. The van der Waals surface area contributed by atoms with E-state index < -0.39 is 0 Å². The number of rotatable bonds is 9. The van der Waals surface area contributed by atoms with E-state index in [-0.39, 0.29) is 35.8 Å². The van der Waals surface area contributed by atoms with Crippen LogP contribution >= 0.6 is 24.0 Å². The van der Waals surface area contributed by atoms with Crippen molar-refractivity contribution in [2.45, 2.75) is 46.0 Å². The monoisotopic (exact) mass is 454 g/mol. The summed E-state index contributed by atoms with van der Waals surface area (Å²) in [5, 5.41) is 9.59. The van der Waals surface area contributed by atoms with E-state index in [1.54, 1.807) is 14.2 Å². The van der Waals surface area contributed by atoms with Gasteiger partial charge in [-0.2, -0.15) is 0 Å². The van der Waals surface area contributed by atoms with Crippen LogP contribution in [0.15, 0.2) is 4.99 Å². The first-order valence-electron chi connectivity index (χ1n) is 8.74. The normalized spacial score (nSPS) is 16.6. The molecule has 0 aromatic heterocycles. The predicted octanol–water partition coefficient (Wildman–Crippen LogP) is 2.14. The summed E-state index contributed by atoms with van der Waals surface area (Å²) in [6, 6.07) is 0. The lowest BCUT2D eigenvalue weighted by Gasteiger charge is -2.30. The molecule has 24 heavy (non-hydrogen) atoms. The number of hydrogen-bond donors (Lipinski definition) is 3. The SMILES string of the molecule is CN=C(NCCNC(=O)C(C)C)NCC1(CCOC)CCCC1.I. The zero-order valence-electron chi connectivity index (χ0n) is 15.6. The fourth-order valence-electron chi connectivity index (χ4n) is 3.02. The topological polar surface area (TPSA) is 74.8 Å². The third kappa shape index (κ3) is 8.50. The Balaban J connectivity index is 0.00000529. The summed E-state index contributed by atoms with van der Waals surface area (Å²) in [5.41, 5.74) is 0.333. The highest BCUT2D eigenvalue weighted by Gasteiger charge is 2.33. The molecule has 1 rings (SSSR count). The van der Waals surface area contributed by atoms with Crippen molar-refractivity contribution >= 4 is 35.8 Å². The molecule has 0 atom stereocenters. The fraction of sp³-hybridized carbons (Fsp3) is 0.882. The molecule has 1 fully saturated rings. The lowest BCUT2D eigenvalue weighted by atomic mass is 9.83. The number of carbonyl (C=O) groups excluding carboxylic acids is 1. The Bertz CT molecular complexity index is 383. The third-order valence-electron chi connectivity index (χ3n) is 4.60. The van der Waals surface area contributed by atoms with Crippen LogP contribution in [0.25, 0.3) is 0 Å². The van der Waals surface area contributed by atoms with E-state index in [4.69, 9.17) is 4.74 Å². The van der Waals surface area contributed by atoms with Crippen LogP contribution in [-0.2, 0) is 9.53 Å². The highest BCUT2D eigenvalue weighted by Crippen LogP contribution is 2.40. The van der Waals surface area contributed by atoms with Gasteiger partial charge >= 0.3 is 0 Å².